The van der Waals surface area contributed by atoms with Crippen LogP contribution < -0.4 is 0 Å². The van der Waals surface area contributed by atoms with Crippen molar-refractivity contribution in [3.8, 4) is 11.3 Å². The highest BCUT2D eigenvalue weighted by atomic mass is 19.1. The van der Waals surface area contributed by atoms with Gasteiger partial charge in [-0.05, 0) is 31.9 Å². The van der Waals surface area contributed by atoms with Crippen molar-refractivity contribution in [1.82, 2.24) is 15.0 Å². The van der Waals surface area contributed by atoms with Crippen molar-refractivity contribution in [2.75, 3.05) is 0 Å². The van der Waals surface area contributed by atoms with E-state index in [1.807, 2.05) is 30.3 Å². The van der Waals surface area contributed by atoms with Gasteiger partial charge in [0.05, 0.1) is 22.3 Å². The molecule has 5 rings (SSSR count). The fraction of sp³-hybridized carbons (Fsp3) is 0.208. The fourth-order valence-corrected chi connectivity index (χ4v) is 3.74. The first-order valence-electron chi connectivity index (χ1n) is 9.98. The second-order valence-corrected chi connectivity index (χ2v) is 7.62. The van der Waals surface area contributed by atoms with Crippen molar-refractivity contribution in [2.45, 2.75) is 32.4 Å². The van der Waals surface area contributed by atoms with Crippen LogP contribution >= 0.6 is 0 Å². The van der Waals surface area contributed by atoms with Gasteiger partial charge in [-0.25, -0.2) is 9.37 Å². The summed E-state index contributed by atoms with van der Waals surface area (Å²) in [6.07, 6.45) is 1.84. The fourth-order valence-electron chi connectivity index (χ4n) is 3.74. The number of aromatic nitrogens is 2. The van der Waals surface area contributed by atoms with Gasteiger partial charge >= 0.3 is 0 Å². The van der Waals surface area contributed by atoms with E-state index in [0.29, 0.717) is 33.6 Å². The van der Waals surface area contributed by atoms with E-state index in [4.69, 9.17) is 4.52 Å². The third-order valence-electron chi connectivity index (χ3n) is 5.46. The van der Waals surface area contributed by atoms with E-state index >= 15 is 0 Å². The van der Waals surface area contributed by atoms with E-state index in [2.05, 4.69) is 10.1 Å². The number of nitrogens with zero attached hydrogens (tertiary/aromatic N) is 3. The number of fused-ring (bicyclic) bond motifs is 1. The second kappa shape index (κ2) is 7.37. The highest BCUT2D eigenvalue weighted by Crippen LogP contribution is 2.33. The molecule has 4 aromatic rings. The summed E-state index contributed by atoms with van der Waals surface area (Å²) in [6.45, 7) is 2.02. The average molecular weight is 401 g/mol. The van der Waals surface area contributed by atoms with Gasteiger partial charge in [-0.1, -0.05) is 53.7 Å². The SMILES string of the molecule is Cc1noc2nc(-c3ccccc3)cc(C(=O)N(Cc3ccccc3F)C3CC3)c12. The Bertz CT molecular complexity index is 1230. The third-order valence-corrected chi connectivity index (χ3v) is 5.46. The standard InChI is InChI=1S/C24H20FN3O2/c1-15-22-19(13-21(26-23(22)30-27-15)16-7-3-2-4-8-16)24(29)28(18-11-12-18)14-17-9-5-6-10-20(17)25/h2-10,13,18H,11-12,14H2,1H3. The number of halogens is 1. The quantitative estimate of drug-likeness (QED) is 0.464. The summed E-state index contributed by atoms with van der Waals surface area (Å²) in [6, 6.07) is 18.1. The van der Waals surface area contributed by atoms with Gasteiger partial charge < -0.3 is 9.42 Å². The topological polar surface area (TPSA) is 59.2 Å². The maximum absolute atomic E-state index is 14.3. The molecule has 2 aromatic heterocycles. The first-order valence-corrected chi connectivity index (χ1v) is 9.98. The van der Waals surface area contributed by atoms with Gasteiger partial charge in [-0.2, -0.15) is 0 Å². The lowest BCUT2D eigenvalue weighted by Gasteiger charge is -2.23. The Kier molecular flexibility index (Phi) is 4.54. The lowest BCUT2D eigenvalue weighted by Crippen LogP contribution is -2.33. The summed E-state index contributed by atoms with van der Waals surface area (Å²) in [5, 5.41) is 4.63. The zero-order chi connectivity index (χ0) is 20.7. The summed E-state index contributed by atoms with van der Waals surface area (Å²) in [4.78, 5) is 20.0. The number of carbonyl (C=O) groups excluding carboxylic acids is 1. The lowest BCUT2D eigenvalue weighted by atomic mass is 10.0. The number of benzene rings is 2. The lowest BCUT2D eigenvalue weighted by molar-refractivity contribution is 0.0730. The zero-order valence-corrected chi connectivity index (χ0v) is 16.5. The van der Waals surface area contributed by atoms with Crippen molar-refractivity contribution in [1.29, 1.82) is 0 Å². The minimum Gasteiger partial charge on any atom is -0.335 e. The summed E-state index contributed by atoms with van der Waals surface area (Å²) in [7, 11) is 0. The predicted octanol–water partition coefficient (Wildman–Crippen LogP) is 5.14. The molecule has 0 atom stereocenters. The Hall–Kier alpha value is -3.54. The average Bonchev–Trinajstić information content (AvgIpc) is 3.55. The number of hydrogen-bond donors (Lipinski definition) is 0. The van der Waals surface area contributed by atoms with E-state index < -0.39 is 0 Å². The van der Waals surface area contributed by atoms with Crippen LogP contribution in [-0.4, -0.2) is 27.0 Å². The number of carbonyl (C=O) groups is 1. The highest BCUT2D eigenvalue weighted by molar-refractivity contribution is 6.07. The molecule has 2 aromatic carbocycles. The van der Waals surface area contributed by atoms with Crippen LogP contribution in [-0.2, 0) is 6.54 Å². The van der Waals surface area contributed by atoms with Crippen LogP contribution in [0.2, 0.25) is 0 Å². The van der Waals surface area contributed by atoms with Crippen LogP contribution in [0.1, 0.15) is 34.5 Å². The third kappa shape index (κ3) is 3.34. The smallest absolute Gasteiger partial charge is 0.259 e. The molecule has 1 fully saturated rings. The Morgan fingerprint density at radius 1 is 1.13 bits per heavy atom. The van der Waals surface area contributed by atoms with Crippen molar-refractivity contribution < 1.29 is 13.7 Å². The first kappa shape index (κ1) is 18.5. The van der Waals surface area contributed by atoms with E-state index in [1.54, 1.807) is 36.1 Å². The highest BCUT2D eigenvalue weighted by Gasteiger charge is 2.35. The van der Waals surface area contributed by atoms with Gasteiger partial charge in [-0.15, -0.1) is 0 Å². The Morgan fingerprint density at radius 3 is 2.60 bits per heavy atom. The van der Waals surface area contributed by atoms with Crippen LogP contribution in [0, 0.1) is 12.7 Å². The minimum absolute atomic E-state index is 0.112. The molecule has 0 aliphatic heterocycles. The number of pyridine rings is 1. The van der Waals surface area contributed by atoms with E-state index in [-0.39, 0.29) is 24.3 Å². The largest absolute Gasteiger partial charge is 0.335 e. The molecule has 2 heterocycles. The van der Waals surface area contributed by atoms with E-state index in [9.17, 15) is 9.18 Å². The summed E-state index contributed by atoms with van der Waals surface area (Å²) >= 11 is 0. The molecule has 0 unspecified atom stereocenters. The van der Waals surface area contributed by atoms with Gasteiger partial charge in [0.2, 0.25) is 0 Å². The summed E-state index contributed by atoms with van der Waals surface area (Å²) < 4.78 is 19.7. The molecule has 5 nitrogen and oxygen atoms in total. The summed E-state index contributed by atoms with van der Waals surface area (Å²) in [5.74, 6) is -0.460. The Morgan fingerprint density at radius 2 is 1.87 bits per heavy atom. The van der Waals surface area contributed by atoms with Gasteiger partial charge in [0.25, 0.3) is 11.6 Å². The zero-order valence-electron chi connectivity index (χ0n) is 16.5. The van der Waals surface area contributed by atoms with Crippen LogP contribution in [0.5, 0.6) is 0 Å². The molecule has 1 saturated carbocycles. The van der Waals surface area contributed by atoms with Gasteiger partial charge in [0, 0.05) is 23.7 Å². The molecule has 0 radical (unpaired) electrons. The van der Waals surface area contributed by atoms with Crippen LogP contribution in [0.15, 0.2) is 65.2 Å². The number of rotatable bonds is 5. The molecule has 0 spiro atoms. The van der Waals surface area contributed by atoms with Gasteiger partial charge in [-0.3, -0.25) is 4.79 Å². The minimum atomic E-state index is -0.304. The molecule has 150 valence electrons. The van der Waals surface area contributed by atoms with Crippen LogP contribution in [0.25, 0.3) is 22.4 Å². The monoisotopic (exact) mass is 401 g/mol. The predicted molar refractivity (Wildman–Crippen MR) is 111 cm³/mol. The molecule has 1 aliphatic carbocycles. The van der Waals surface area contributed by atoms with Crippen molar-refractivity contribution >= 4 is 17.0 Å². The maximum Gasteiger partial charge on any atom is 0.259 e. The normalized spacial score (nSPS) is 13.5. The van der Waals surface area contributed by atoms with Gasteiger partial charge in [0.1, 0.15) is 5.82 Å². The van der Waals surface area contributed by atoms with Crippen molar-refractivity contribution in [3.63, 3.8) is 0 Å². The first-order chi connectivity index (χ1) is 14.6. The second-order valence-electron chi connectivity index (χ2n) is 7.62. The molecule has 6 heteroatoms. The molecule has 1 amide bonds. The van der Waals surface area contributed by atoms with Crippen LogP contribution in [0.3, 0.4) is 0 Å². The van der Waals surface area contributed by atoms with E-state index in [1.165, 1.54) is 6.07 Å². The molecular weight excluding hydrogens is 381 g/mol. The molecule has 0 N–H and O–H groups in total. The molecular formula is C24H20FN3O2. The van der Waals surface area contributed by atoms with Crippen LogP contribution in [0.4, 0.5) is 4.39 Å². The number of amides is 1. The number of hydrogen-bond acceptors (Lipinski definition) is 4. The number of aryl methyl sites for hydroxylation is 1. The van der Waals surface area contributed by atoms with Crippen molar-refractivity contribution in [2.24, 2.45) is 0 Å². The Balaban J connectivity index is 1.60. The Labute approximate surface area is 173 Å². The molecule has 0 bridgehead atoms. The van der Waals surface area contributed by atoms with E-state index in [0.717, 1.165) is 18.4 Å². The van der Waals surface area contributed by atoms with Gasteiger partial charge in [0.15, 0.2) is 0 Å². The summed E-state index contributed by atoms with van der Waals surface area (Å²) in [5.41, 5.74) is 3.47. The molecule has 30 heavy (non-hydrogen) atoms. The molecule has 1 aliphatic rings. The maximum atomic E-state index is 14.3. The van der Waals surface area contributed by atoms with Crippen molar-refractivity contribution in [3.05, 3.63) is 83.3 Å². The molecule has 0 saturated heterocycles.